The molecule has 35 heavy (non-hydrogen) atoms. The second-order valence-electron chi connectivity index (χ2n) is 8.28. The molecule has 0 aliphatic heterocycles. The third-order valence-electron chi connectivity index (χ3n) is 5.87. The highest BCUT2D eigenvalue weighted by Crippen LogP contribution is 2.39. The van der Waals surface area contributed by atoms with Crippen molar-refractivity contribution in [2.75, 3.05) is 5.32 Å². The maximum Gasteiger partial charge on any atom is 0.418 e. The van der Waals surface area contributed by atoms with Gasteiger partial charge in [0.1, 0.15) is 0 Å². The fraction of sp³-hybridized carbons (Fsp3) is 0.103. The highest BCUT2D eigenvalue weighted by atomic mass is 19.4. The Morgan fingerprint density at radius 1 is 0.771 bits per heavy atom. The average Bonchev–Trinajstić information content (AvgIpc) is 2.88. The van der Waals surface area contributed by atoms with Crippen molar-refractivity contribution < 1.29 is 13.2 Å². The van der Waals surface area contributed by atoms with Crippen molar-refractivity contribution in [1.29, 1.82) is 0 Å². The molecule has 0 unspecified atom stereocenters. The van der Waals surface area contributed by atoms with Crippen LogP contribution in [0.3, 0.4) is 0 Å². The van der Waals surface area contributed by atoms with Crippen LogP contribution in [0.4, 0.5) is 18.9 Å². The number of alkyl halides is 3. The number of hydrogen-bond acceptors (Lipinski definition) is 3. The second kappa shape index (κ2) is 9.58. The normalized spacial score (nSPS) is 11.5. The number of fused-ring (bicyclic) bond motifs is 1. The van der Waals surface area contributed by atoms with Crippen molar-refractivity contribution in [3.8, 4) is 11.1 Å². The van der Waals surface area contributed by atoms with Gasteiger partial charge in [0.25, 0.3) is 0 Å². The smallest absolute Gasteiger partial charge is 0.379 e. The Hall–Kier alpha value is -4.19. The lowest BCUT2D eigenvalue weighted by molar-refractivity contribution is -0.136. The third kappa shape index (κ3) is 5.01. The number of rotatable bonds is 6. The van der Waals surface area contributed by atoms with Gasteiger partial charge in [0.15, 0.2) is 0 Å². The predicted molar refractivity (Wildman–Crippen MR) is 133 cm³/mol. The SMILES string of the molecule is FC(F)(F)c1cccc2c(-c3cccc(NCc4ccccn4)c3)c(Cc3ccccc3)cnc12. The molecular weight excluding hydrogens is 447 g/mol. The highest BCUT2D eigenvalue weighted by molar-refractivity contribution is 5.98. The molecule has 6 heteroatoms. The van der Waals surface area contributed by atoms with E-state index in [1.165, 1.54) is 6.07 Å². The predicted octanol–water partition coefficient (Wildman–Crippen LogP) is 7.52. The first kappa shape index (κ1) is 22.6. The molecule has 3 nitrogen and oxygen atoms in total. The molecule has 0 aliphatic carbocycles. The van der Waals surface area contributed by atoms with E-state index in [1.807, 2.05) is 72.8 Å². The van der Waals surface area contributed by atoms with Crippen LogP contribution in [0.2, 0.25) is 0 Å². The summed E-state index contributed by atoms with van der Waals surface area (Å²) in [4.78, 5) is 8.62. The summed E-state index contributed by atoms with van der Waals surface area (Å²) in [6.07, 6.45) is -0.615. The summed E-state index contributed by atoms with van der Waals surface area (Å²) in [5, 5.41) is 3.85. The maximum absolute atomic E-state index is 13.8. The number of anilines is 1. The molecule has 174 valence electrons. The van der Waals surface area contributed by atoms with Crippen molar-refractivity contribution >= 4 is 16.6 Å². The van der Waals surface area contributed by atoms with Crippen LogP contribution in [0.25, 0.3) is 22.0 Å². The van der Waals surface area contributed by atoms with Gasteiger partial charge >= 0.3 is 6.18 Å². The summed E-state index contributed by atoms with van der Waals surface area (Å²) in [5.41, 5.74) is 4.49. The summed E-state index contributed by atoms with van der Waals surface area (Å²) in [5.74, 6) is 0. The zero-order valence-electron chi connectivity index (χ0n) is 18.8. The van der Waals surface area contributed by atoms with Gasteiger partial charge in [-0.2, -0.15) is 13.2 Å². The summed E-state index contributed by atoms with van der Waals surface area (Å²) in [6, 6.07) is 27.6. The van der Waals surface area contributed by atoms with Crippen LogP contribution in [-0.4, -0.2) is 9.97 Å². The first-order chi connectivity index (χ1) is 17.0. The molecule has 5 rings (SSSR count). The summed E-state index contributed by atoms with van der Waals surface area (Å²) in [7, 11) is 0. The molecule has 0 bridgehead atoms. The molecule has 0 saturated heterocycles. The van der Waals surface area contributed by atoms with E-state index in [0.29, 0.717) is 18.4 Å². The van der Waals surface area contributed by atoms with Crippen LogP contribution < -0.4 is 5.32 Å². The molecule has 0 amide bonds. The second-order valence-corrected chi connectivity index (χ2v) is 8.28. The number of nitrogens with zero attached hydrogens (tertiary/aromatic N) is 2. The molecule has 0 aliphatic rings. The maximum atomic E-state index is 13.8. The van der Waals surface area contributed by atoms with Crippen LogP contribution in [0.15, 0.2) is 103 Å². The molecule has 0 saturated carbocycles. The van der Waals surface area contributed by atoms with Crippen molar-refractivity contribution in [1.82, 2.24) is 9.97 Å². The molecule has 0 fully saturated rings. The number of nitrogens with one attached hydrogen (secondary N) is 1. The van der Waals surface area contributed by atoms with Gasteiger partial charge in [0, 0.05) is 23.5 Å². The monoisotopic (exact) mass is 469 g/mol. The largest absolute Gasteiger partial charge is 0.418 e. The van der Waals surface area contributed by atoms with Gasteiger partial charge < -0.3 is 5.32 Å². The van der Waals surface area contributed by atoms with E-state index in [1.54, 1.807) is 18.5 Å². The van der Waals surface area contributed by atoms with Crippen LogP contribution in [0.5, 0.6) is 0 Å². The summed E-state index contributed by atoms with van der Waals surface area (Å²) >= 11 is 0. The minimum Gasteiger partial charge on any atom is -0.379 e. The summed E-state index contributed by atoms with van der Waals surface area (Å²) < 4.78 is 41.3. The van der Waals surface area contributed by atoms with Crippen LogP contribution in [-0.2, 0) is 19.1 Å². The zero-order valence-corrected chi connectivity index (χ0v) is 18.8. The highest BCUT2D eigenvalue weighted by Gasteiger charge is 2.33. The number of halogens is 3. The van der Waals surface area contributed by atoms with Crippen molar-refractivity contribution in [3.05, 3.63) is 126 Å². The number of pyridine rings is 2. The first-order valence-corrected chi connectivity index (χ1v) is 11.2. The van der Waals surface area contributed by atoms with Gasteiger partial charge in [-0.3, -0.25) is 9.97 Å². The molecule has 0 spiro atoms. The summed E-state index contributed by atoms with van der Waals surface area (Å²) in [6.45, 7) is 0.538. The molecular formula is C29H22F3N3. The molecule has 1 N–H and O–H groups in total. The number of para-hydroxylation sites is 1. The fourth-order valence-corrected chi connectivity index (χ4v) is 4.26. The molecule has 2 aromatic heterocycles. The molecule has 0 radical (unpaired) electrons. The van der Waals surface area contributed by atoms with E-state index < -0.39 is 11.7 Å². The zero-order chi connectivity index (χ0) is 24.3. The van der Waals surface area contributed by atoms with Gasteiger partial charge in [-0.05, 0) is 59.0 Å². The van der Waals surface area contributed by atoms with E-state index in [-0.39, 0.29) is 5.52 Å². The first-order valence-electron chi connectivity index (χ1n) is 11.2. The van der Waals surface area contributed by atoms with Crippen LogP contribution in [0.1, 0.15) is 22.4 Å². The van der Waals surface area contributed by atoms with Gasteiger partial charge in [-0.15, -0.1) is 0 Å². The Labute approximate surface area is 201 Å². The quantitative estimate of drug-likeness (QED) is 0.279. The lowest BCUT2D eigenvalue weighted by Gasteiger charge is -2.17. The molecule has 0 atom stereocenters. The number of benzene rings is 3. The Morgan fingerprint density at radius 3 is 2.34 bits per heavy atom. The van der Waals surface area contributed by atoms with Crippen molar-refractivity contribution in [2.45, 2.75) is 19.1 Å². The van der Waals surface area contributed by atoms with E-state index in [2.05, 4.69) is 15.3 Å². The average molecular weight is 470 g/mol. The van der Waals surface area contributed by atoms with Gasteiger partial charge in [0.05, 0.1) is 23.3 Å². The Kier molecular flexibility index (Phi) is 6.19. The van der Waals surface area contributed by atoms with Crippen LogP contribution >= 0.6 is 0 Å². The fourth-order valence-electron chi connectivity index (χ4n) is 4.26. The van der Waals surface area contributed by atoms with E-state index >= 15 is 0 Å². The van der Waals surface area contributed by atoms with E-state index in [9.17, 15) is 13.2 Å². The van der Waals surface area contributed by atoms with Gasteiger partial charge in [0.2, 0.25) is 0 Å². The minimum atomic E-state index is -4.49. The Bertz CT molecular complexity index is 1450. The third-order valence-corrected chi connectivity index (χ3v) is 5.87. The molecule has 5 aromatic rings. The Morgan fingerprint density at radius 2 is 1.57 bits per heavy atom. The Balaban J connectivity index is 1.62. The van der Waals surface area contributed by atoms with Gasteiger partial charge in [-0.25, -0.2) is 0 Å². The van der Waals surface area contributed by atoms with Gasteiger partial charge in [-0.1, -0.05) is 60.7 Å². The topological polar surface area (TPSA) is 37.8 Å². The molecule has 3 aromatic carbocycles. The lowest BCUT2D eigenvalue weighted by atomic mass is 9.91. The standard InChI is InChI=1S/C29H22F3N3/c30-29(31,32)26-14-7-13-25-27(22(18-35-28(25)26)16-20-8-2-1-3-9-20)21-10-6-12-23(17-21)34-19-24-11-4-5-15-33-24/h1-15,17-18,34H,16,19H2. The number of aromatic nitrogens is 2. The van der Waals surface area contributed by atoms with E-state index in [0.717, 1.165) is 39.7 Å². The number of hydrogen-bond donors (Lipinski definition) is 1. The van der Waals surface area contributed by atoms with Crippen molar-refractivity contribution in [2.24, 2.45) is 0 Å². The van der Waals surface area contributed by atoms with Crippen LogP contribution in [0, 0.1) is 0 Å². The minimum absolute atomic E-state index is 0.0429. The molecule has 2 heterocycles. The lowest BCUT2D eigenvalue weighted by Crippen LogP contribution is -2.07. The van der Waals surface area contributed by atoms with E-state index in [4.69, 9.17) is 0 Å². The van der Waals surface area contributed by atoms with Crippen molar-refractivity contribution in [3.63, 3.8) is 0 Å².